The molecule has 0 aliphatic heterocycles. The minimum atomic E-state index is -0.966. The van der Waals surface area contributed by atoms with Crippen molar-refractivity contribution in [3.63, 3.8) is 0 Å². The summed E-state index contributed by atoms with van der Waals surface area (Å²) in [6.07, 6.45) is 0.141. The highest BCUT2D eigenvalue weighted by molar-refractivity contribution is 5.66. The number of carbonyl (C=O) groups is 1. The van der Waals surface area contributed by atoms with Gasteiger partial charge in [0.2, 0.25) is 0 Å². The Kier molecular flexibility index (Phi) is 4.94. The summed E-state index contributed by atoms with van der Waals surface area (Å²) in [5.74, 6) is -0.966. The van der Waals surface area contributed by atoms with Gasteiger partial charge in [0.1, 0.15) is 0 Å². The van der Waals surface area contributed by atoms with Crippen LogP contribution in [0.15, 0.2) is 0 Å². The highest BCUT2D eigenvalue weighted by Crippen LogP contribution is 1.89. The molecule has 0 fully saturated rings. The highest BCUT2D eigenvalue weighted by atomic mass is 16.4. The van der Waals surface area contributed by atoms with E-state index < -0.39 is 5.97 Å². The SMILES string of the molecule is CCN(CC)CCC([O])=O. The van der Waals surface area contributed by atoms with Gasteiger partial charge >= 0.3 is 5.97 Å². The molecule has 0 aromatic heterocycles. The molecule has 0 N–H and O–H groups in total. The molecule has 0 heterocycles. The fourth-order valence-corrected chi connectivity index (χ4v) is 0.789. The van der Waals surface area contributed by atoms with E-state index in [9.17, 15) is 9.90 Å². The van der Waals surface area contributed by atoms with Crippen molar-refractivity contribution in [1.82, 2.24) is 4.90 Å². The van der Waals surface area contributed by atoms with Gasteiger partial charge in [0.25, 0.3) is 0 Å². The molecular formula is C7H14NO2. The van der Waals surface area contributed by atoms with E-state index in [1.54, 1.807) is 0 Å². The maximum atomic E-state index is 10.00. The number of hydrogen-bond acceptors (Lipinski definition) is 2. The number of rotatable bonds is 5. The molecule has 59 valence electrons. The Morgan fingerprint density at radius 2 is 1.80 bits per heavy atom. The second kappa shape index (κ2) is 5.23. The van der Waals surface area contributed by atoms with Crippen LogP contribution in [0.5, 0.6) is 0 Å². The van der Waals surface area contributed by atoms with E-state index in [2.05, 4.69) is 4.90 Å². The molecule has 0 aliphatic carbocycles. The summed E-state index contributed by atoms with van der Waals surface area (Å²) >= 11 is 0. The zero-order valence-corrected chi connectivity index (χ0v) is 6.59. The third kappa shape index (κ3) is 4.32. The van der Waals surface area contributed by atoms with Crippen molar-refractivity contribution in [2.24, 2.45) is 0 Å². The third-order valence-electron chi connectivity index (χ3n) is 1.53. The highest BCUT2D eigenvalue weighted by Gasteiger charge is 2.03. The molecule has 0 aliphatic rings. The maximum absolute atomic E-state index is 10.00. The van der Waals surface area contributed by atoms with Gasteiger partial charge in [-0.25, -0.2) is 9.90 Å². The molecule has 0 saturated heterocycles. The zero-order valence-electron chi connectivity index (χ0n) is 6.59. The van der Waals surface area contributed by atoms with E-state index in [0.717, 1.165) is 13.1 Å². The summed E-state index contributed by atoms with van der Waals surface area (Å²) in [6.45, 7) is 6.44. The van der Waals surface area contributed by atoms with E-state index in [0.29, 0.717) is 6.54 Å². The van der Waals surface area contributed by atoms with Gasteiger partial charge in [-0.2, -0.15) is 0 Å². The largest absolute Gasteiger partial charge is 0.356 e. The number of carbonyl (C=O) groups excluding carboxylic acids is 1. The lowest BCUT2D eigenvalue weighted by atomic mass is 10.4. The monoisotopic (exact) mass is 144 g/mol. The van der Waals surface area contributed by atoms with Gasteiger partial charge < -0.3 is 4.90 Å². The van der Waals surface area contributed by atoms with Crippen LogP contribution in [-0.2, 0) is 9.90 Å². The van der Waals surface area contributed by atoms with Crippen molar-refractivity contribution in [3.05, 3.63) is 0 Å². The molecular weight excluding hydrogens is 130 g/mol. The van der Waals surface area contributed by atoms with Crippen molar-refractivity contribution in [2.45, 2.75) is 20.3 Å². The van der Waals surface area contributed by atoms with Crippen molar-refractivity contribution >= 4 is 5.97 Å². The summed E-state index contributed by atoms with van der Waals surface area (Å²) < 4.78 is 0. The van der Waals surface area contributed by atoms with Crippen LogP contribution >= 0.6 is 0 Å². The quantitative estimate of drug-likeness (QED) is 0.569. The smallest absolute Gasteiger partial charge is 0.303 e. The minimum Gasteiger partial charge on any atom is -0.303 e. The Morgan fingerprint density at radius 1 is 1.30 bits per heavy atom. The van der Waals surface area contributed by atoms with E-state index in [1.165, 1.54) is 0 Å². The van der Waals surface area contributed by atoms with Crippen LogP contribution < -0.4 is 0 Å². The van der Waals surface area contributed by atoms with Crippen LogP contribution in [0.3, 0.4) is 0 Å². The van der Waals surface area contributed by atoms with Crippen LogP contribution in [0.25, 0.3) is 0 Å². The van der Waals surface area contributed by atoms with Crippen molar-refractivity contribution in [2.75, 3.05) is 19.6 Å². The van der Waals surface area contributed by atoms with Crippen molar-refractivity contribution in [1.29, 1.82) is 0 Å². The standard InChI is InChI=1S/C7H14NO2/c1-3-8(4-2)6-5-7(9)10/h3-6H2,1-2H3. The molecule has 0 unspecified atom stereocenters. The average Bonchev–Trinajstić information content (AvgIpc) is 1.90. The Balaban J connectivity index is 3.34. The van der Waals surface area contributed by atoms with E-state index in [1.807, 2.05) is 13.8 Å². The van der Waals surface area contributed by atoms with Gasteiger partial charge in [-0.15, -0.1) is 0 Å². The summed E-state index contributed by atoms with van der Waals surface area (Å²) in [5.41, 5.74) is 0. The van der Waals surface area contributed by atoms with Gasteiger partial charge in [0, 0.05) is 6.54 Å². The fourth-order valence-electron chi connectivity index (χ4n) is 0.789. The lowest BCUT2D eigenvalue weighted by molar-refractivity contribution is -0.143. The molecule has 0 spiro atoms. The minimum absolute atomic E-state index is 0.141. The second-order valence-corrected chi connectivity index (χ2v) is 2.15. The molecule has 0 atom stereocenters. The van der Waals surface area contributed by atoms with E-state index >= 15 is 0 Å². The number of nitrogens with zero attached hydrogens (tertiary/aromatic N) is 1. The predicted molar refractivity (Wildman–Crippen MR) is 38.1 cm³/mol. The van der Waals surface area contributed by atoms with Gasteiger partial charge in [-0.1, -0.05) is 13.8 Å². The molecule has 3 nitrogen and oxygen atoms in total. The molecule has 1 radical (unpaired) electrons. The molecule has 0 saturated carbocycles. The third-order valence-corrected chi connectivity index (χ3v) is 1.53. The molecule has 0 bridgehead atoms. The maximum Gasteiger partial charge on any atom is 0.356 e. The number of hydrogen-bond donors (Lipinski definition) is 0. The molecule has 0 aromatic rings. The van der Waals surface area contributed by atoms with Gasteiger partial charge in [0.05, 0.1) is 6.42 Å². The fraction of sp³-hybridized carbons (Fsp3) is 0.857. The zero-order chi connectivity index (χ0) is 7.98. The molecule has 0 aromatic carbocycles. The summed E-state index contributed by atoms with van der Waals surface area (Å²) in [4.78, 5) is 12.0. The van der Waals surface area contributed by atoms with E-state index in [-0.39, 0.29) is 6.42 Å². The van der Waals surface area contributed by atoms with Gasteiger partial charge in [-0.05, 0) is 13.1 Å². The topological polar surface area (TPSA) is 40.2 Å². The second-order valence-electron chi connectivity index (χ2n) is 2.15. The van der Waals surface area contributed by atoms with Gasteiger partial charge in [0.15, 0.2) is 0 Å². The first kappa shape index (κ1) is 9.43. The van der Waals surface area contributed by atoms with Crippen LogP contribution in [0.2, 0.25) is 0 Å². The normalized spacial score (nSPS) is 10.3. The first-order valence-electron chi connectivity index (χ1n) is 3.62. The van der Waals surface area contributed by atoms with Crippen molar-refractivity contribution in [3.8, 4) is 0 Å². The first-order valence-corrected chi connectivity index (χ1v) is 3.62. The Labute approximate surface area is 61.6 Å². The lowest BCUT2D eigenvalue weighted by Gasteiger charge is -2.15. The lowest BCUT2D eigenvalue weighted by Crippen LogP contribution is -2.25. The Morgan fingerprint density at radius 3 is 2.10 bits per heavy atom. The summed E-state index contributed by atoms with van der Waals surface area (Å²) in [6, 6.07) is 0. The molecule has 10 heavy (non-hydrogen) atoms. The van der Waals surface area contributed by atoms with Crippen LogP contribution in [-0.4, -0.2) is 30.5 Å². The van der Waals surface area contributed by atoms with Gasteiger partial charge in [-0.3, -0.25) is 0 Å². The average molecular weight is 144 g/mol. The summed E-state index contributed by atoms with van der Waals surface area (Å²) in [5, 5.41) is 10.00. The van der Waals surface area contributed by atoms with E-state index in [4.69, 9.17) is 0 Å². The first-order chi connectivity index (χ1) is 4.70. The molecule has 3 heteroatoms. The van der Waals surface area contributed by atoms with Crippen LogP contribution in [0, 0.1) is 0 Å². The Hall–Kier alpha value is -0.570. The summed E-state index contributed by atoms with van der Waals surface area (Å²) in [7, 11) is 0. The predicted octanol–water partition coefficient (Wildman–Crippen LogP) is 0.675. The van der Waals surface area contributed by atoms with Crippen LogP contribution in [0.4, 0.5) is 0 Å². The Bertz CT molecular complexity index is 99.8. The van der Waals surface area contributed by atoms with Crippen LogP contribution in [0.1, 0.15) is 20.3 Å². The molecule has 0 rings (SSSR count). The molecule has 0 amide bonds. The van der Waals surface area contributed by atoms with Crippen molar-refractivity contribution < 1.29 is 9.90 Å².